The first-order chi connectivity index (χ1) is 10.3. The Labute approximate surface area is 127 Å². The molecule has 0 aliphatic heterocycles. The highest BCUT2D eigenvalue weighted by atomic mass is 32.2. The number of hydrogen-bond acceptors (Lipinski definition) is 4. The summed E-state index contributed by atoms with van der Waals surface area (Å²) in [7, 11) is 0. The summed E-state index contributed by atoms with van der Waals surface area (Å²) in [5, 5.41) is 10.1. The Kier molecular flexibility index (Phi) is 3.76. The monoisotopic (exact) mass is 292 g/mol. The van der Waals surface area contributed by atoms with Gasteiger partial charge in [0.05, 0.1) is 11.1 Å². The van der Waals surface area contributed by atoms with E-state index in [1.807, 2.05) is 54.8 Å². The molecule has 0 aliphatic rings. The van der Waals surface area contributed by atoms with E-state index in [2.05, 4.69) is 11.1 Å². The minimum Gasteiger partial charge on any atom is -0.439 e. The van der Waals surface area contributed by atoms with Crippen molar-refractivity contribution in [1.29, 1.82) is 5.26 Å². The molecule has 0 radical (unpaired) electrons. The van der Waals surface area contributed by atoms with Gasteiger partial charge in [0.1, 0.15) is 11.8 Å². The van der Waals surface area contributed by atoms with Gasteiger partial charge in [-0.1, -0.05) is 18.2 Å². The number of ether oxygens (including phenoxy) is 1. The van der Waals surface area contributed by atoms with Gasteiger partial charge in [0, 0.05) is 16.3 Å². The molecule has 2 aromatic carbocycles. The quantitative estimate of drug-likeness (QED) is 0.661. The van der Waals surface area contributed by atoms with Crippen molar-refractivity contribution in [3.63, 3.8) is 0 Å². The first kappa shape index (κ1) is 13.5. The Hall–Kier alpha value is -2.51. The van der Waals surface area contributed by atoms with Crippen LogP contribution in [0.1, 0.15) is 5.56 Å². The van der Waals surface area contributed by atoms with Crippen molar-refractivity contribution in [2.45, 2.75) is 4.90 Å². The van der Waals surface area contributed by atoms with Crippen LogP contribution in [0.2, 0.25) is 0 Å². The van der Waals surface area contributed by atoms with Gasteiger partial charge < -0.3 is 4.74 Å². The first-order valence-corrected chi connectivity index (χ1v) is 7.64. The molecule has 0 saturated carbocycles. The molecular formula is C17H12N2OS. The summed E-state index contributed by atoms with van der Waals surface area (Å²) in [4.78, 5) is 5.62. The van der Waals surface area contributed by atoms with Gasteiger partial charge in [0.15, 0.2) is 0 Å². The van der Waals surface area contributed by atoms with Gasteiger partial charge in [0.2, 0.25) is 5.88 Å². The third-order valence-electron chi connectivity index (χ3n) is 3.09. The molecule has 21 heavy (non-hydrogen) atoms. The molecule has 1 aromatic heterocycles. The van der Waals surface area contributed by atoms with Gasteiger partial charge in [-0.2, -0.15) is 5.26 Å². The Morgan fingerprint density at radius 1 is 1.10 bits per heavy atom. The predicted octanol–water partition coefficient (Wildman–Crippen LogP) is 4.62. The van der Waals surface area contributed by atoms with E-state index < -0.39 is 0 Å². The van der Waals surface area contributed by atoms with E-state index in [9.17, 15) is 5.26 Å². The van der Waals surface area contributed by atoms with Crippen molar-refractivity contribution in [2.24, 2.45) is 0 Å². The fourth-order valence-electron chi connectivity index (χ4n) is 2.06. The Balaban J connectivity index is 1.98. The summed E-state index contributed by atoms with van der Waals surface area (Å²) in [6, 6.07) is 19.2. The van der Waals surface area contributed by atoms with Crippen LogP contribution in [0.25, 0.3) is 10.9 Å². The molecule has 4 heteroatoms. The molecule has 3 nitrogen and oxygen atoms in total. The second-order valence-corrected chi connectivity index (χ2v) is 5.29. The molecule has 1 heterocycles. The van der Waals surface area contributed by atoms with E-state index >= 15 is 0 Å². The van der Waals surface area contributed by atoms with Gasteiger partial charge in [-0.05, 0) is 36.6 Å². The predicted molar refractivity (Wildman–Crippen MR) is 84.8 cm³/mol. The zero-order valence-electron chi connectivity index (χ0n) is 11.4. The maximum absolute atomic E-state index is 9.26. The van der Waals surface area contributed by atoms with E-state index in [-0.39, 0.29) is 0 Å². The van der Waals surface area contributed by atoms with Gasteiger partial charge in [-0.3, -0.25) is 0 Å². The van der Waals surface area contributed by atoms with Crippen LogP contribution in [-0.4, -0.2) is 11.2 Å². The lowest BCUT2D eigenvalue weighted by Crippen LogP contribution is -1.91. The summed E-state index contributed by atoms with van der Waals surface area (Å²) in [6.07, 6.45) is 2.03. The van der Waals surface area contributed by atoms with Crippen LogP contribution >= 0.6 is 11.8 Å². The minimum atomic E-state index is 0.433. The molecule has 102 valence electrons. The van der Waals surface area contributed by atoms with E-state index in [0.717, 1.165) is 10.9 Å². The molecule has 0 spiro atoms. The lowest BCUT2D eigenvalue weighted by atomic mass is 10.1. The highest BCUT2D eigenvalue weighted by molar-refractivity contribution is 7.98. The number of fused-ring (bicyclic) bond motifs is 1. The molecule has 0 saturated heterocycles. The Morgan fingerprint density at radius 3 is 2.57 bits per heavy atom. The van der Waals surface area contributed by atoms with Crippen LogP contribution in [0.3, 0.4) is 0 Å². The summed E-state index contributed by atoms with van der Waals surface area (Å²) in [5.41, 5.74) is 1.32. The van der Waals surface area contributed by atoms with Gasteiger partial charge >= 0.3 is 0 Å². The number of nitrogens with zero attached hydrogens (tertiary/aromatic N) is 2. The molecule has 0 fully saturated rings. The fourth-order valence-corrected chi connectivity index (χ4v) is 2.47. The molecule has 0 bridgehead atoms. The molecule has 0 aliphatic carbocycles. The zero-order chi connectivity index (χ0) is 14.7. The summed E-state index contributed by atoms with van der Waals surface area (Å²) >= 11 is 1.68. The van der Waals surface area contributed by atoms with Crippen molar-refractivity contribution in [1.82, 2.24) is 4.98 Å². The van der Waals surface area contributed by atoms with Crippen LogP contribution in [0, 0.1) is 11.3 Å². The Morgan fingerprint density at radius 2 is 1.86 bits per heavy atom. The first-order valence-electron chi connectivity index (χ1n) is 6.42. The number of pyridine rings is 1. The van der Waals surface area contributed by atoms with Gasteiger partial charge in [0.25, 0.3) is 0 Å². The van der Waals surface area contributed by atoms with Crippen LogP contribution in [-0.2, 0) is 0 Å². The van der Waals surface area contributed by atoms with Crippen molar-refractivity contribution in [2.75, 3.05) is 6.26 Å². The number of thioether (sulfide) groups is 1. The van der Waals surface area contributed by atoms with E-state index in [1.165, 1.54) is 4.90 Å². The minimum absolute atomic E-state index is 0.433. The molecular weight excluding hydrogens is 280 g/mol. The summed E-state index contributed by atoms with van der Waals surface area (Å²) in [5.74, 6) is 1.14. The second kappa shape index (κ2) is 5.86. The molecule has 3 rings (SSSR count). The molecule has 0 atom stereocenters. The van der Waals surface area contributed by atoms with E-state index in [1.54, 1.807) is 17.8 Å². The number of benzene rings is 2. The molecule has 0 unspecified atom stereocenters. The smallest absolute Gasteiger partial charge is 0.221 e. The standard InChI is InChI=1S/C17H12N2OS/c1-21-14-8-6-13(7-9-14)20-17-10-12(11-18)15-4-2-3-5-16(15)19-17/h2-10H,1H3. The SMILES string of the molecule is CSc1ccc(Oc2cc(C#N)c3ccccc3n2)cc1. The summed E-state index contributed by atoms with van der Waals surface area (Å²) in [6.45, 7) is 0. The highest BCUT2D eigenvalue weighted by Crippen LogP contribution is 2.26. The largest absolute Gasteiger partial charge is 0.439 e. The van der Waals surface area contributed by atoms with Crippen LogP contribution in [0.15, 0.2) is 59.5 Å². The van der Waals surface area contributed by atoms with Crippen LogP contribution in [0.4, 0.5) is 0 Å². The molecule has 0 N–H and O–H groups in total. The number of nitriles is 1. The lowest BCUT2D eigenvalue weighted by Gasteiger charge is -2.07. The number of hydrogen-bond donors (Lipinski definition) is 0. The average molecular weight is 292 g/mol. The van der Waals surface area contributed by atoms with Crippen LogP contribution < -0.4 is 4.74 Å². The maximum Gasteiger partial charge on any atom is 0.221 e. The van der Waals surface area contributed by atoms with Crippen molar-refractivity contribution in [3.8, 4) is 17.7 Å². The maximum atomic E-state index is 9.26. The topological polar surface area (TPSA) is 45.9 Å². The Bertz CT molecular complexity index is 822. The van der Waals surface area contributed by atoms with Crippen molar-refractivity contribution < 1.29 is 4.74 Å². The lowest BCUT2D eigenvalue weighted by molar-refractivity contribution is 0.464. The van der Waals surface area contributed by atoms with Crippen molar-refractivity contribution >= 4 is 22.7 Å². The molecule has 0 amide bonds. The zero-order valence-corrected chi connectivity index (χ0v) is 12.2. The van der Waals surface area contributed by atoms with Crippen molar-refractivity contribution in [3.05, 3.63) is 60.2 Å². The molecule has 3 aromatic rings. The average Bonchev–Trinajstić information content (AvgIpc) is 2.55. The van der Waals surface area contributed by atoms with E-state index in [4.69, 9.17) is 4.74 Å². The third-order valence-corrected chi connectivity index (χ3v) is 3.84. The second-order valence-electron chi connectivity index (χ2n) is 4.41. The van der Waals surface area contributed by atoms with Crippen LogP contribution in [0.5, 0.6) is 11.6 Å². The van der Waals surface area contributed by atoms with E-state index in [0.29, 0.717) is 17.2 Å². The van der Waals surface area contributed by atoms with Gasteiger partial charge in [-0.25, -0.2) is 4.98 Å². The summed E-state index contributed by atoms with van der Waals surface area (Å²) < 4.78 is 5.76. The number of aromatic nitrogens is 1. The third kappa shape index (κ3) is 2.83. The number of para-hydroxylation sites is 1. The number of rotatable bonds is 3. The van der Waals surface area contributed by atoms with Gasteiger partial charge in [-0.15, -0.1) is 11.8 Å². The normalized spacial score (nSPS) is 10.3. The highest BCUT2D eigenvalue weighted by Gasteiger charge is 2.07. The fraction of sp³-hybridized carbons (Fsp3) is 0.0588.